The molecular formula is C25H23F3N8O3. The molecule has 202 valence electrons. The van der Waals surface area contributed by atoms with Crippen molar-refractivity contribution in [1.29, 1.82) is 0 Å². The maximum absolute atomic E-state index is 14.8. The van der Waals surface area contributed by atoms with Gasteiger partial charge in [-0.1, -0.05) is 6.07 Å². The van der Waals surface area contributed by atoms with E-state index in [0.29, 0.717) is 11.8 Å². The number of hydrazine groups is 1. The third kappa shape index (κ3) is 6.41. The van der Waals surface area contributed by atoms with Crippen molar-refractivity contribution in [3.63, 3.8) is 0 Å². The highest BCUT2D eigenvalue weighted by molar-refractivity contribution is 5.93. The second kappa shape index (κ2) is 11.3. The summed E-state index contributed by atoms with van der Waals surface area (Å²) in [6.45, 7) is 1.49. The molecule has 1 aliphatic carbocycles. The fourth-order valence-corrected chi connectivity index (χ4v) is 3.51. The first-order chi connectivity index (χ1) is 18.9. The van der Waals surface area contributed by atoms with Gasteiger partial charge in [0.2, 0.25) is 5.82 Å². The number of alkyl halides is 1. The summed E-state index contributed by atoms with van der Waals surface area (Å²) in [5, 5.41) is 5.24. The van der Waals surface area contributed by atoms with Gasteiger partial charge in [0.25, 0.3) is 12.3 Å². The molecule has 5 rings (SSSR count). The number of halogens is 3. The van der Waals surface area contributed by atoms with Crippen LogP contribution in [0.25, 0.3) is 0 Å². The van der Waals surface area contributed by atoms with Crippen molar-refractivity contribution in [3.8, 4) is 5.75 Å². The van der Waals surface area contributed by atoms with Crippen molar-refractivity contribution in [2.45, 2.75) is 38.4 Å². The van der Waals surface area contributed by atoms with Crippen molar-refractivity contribution >= 4 is 17.4 Å². The summed E-state index contributed by atoms with van der Waals surface area (Å²) in [4.78, 5) is 29.5. The Morgan fingerprint density at radius 3 is 2.74 bits per heavy atom. The molecule has 0 aliphatic heterocycles. The number of carbonyl (C=O) groups is 1. The fraction of sp³-hybridized carbons (Fsp3) is 0.240. The number of carbonyl (C=O) groups excluding carboxylic acids is 1. The van der Waals surface area contributed by atoms with Crippen LogP contribution in [0, 0.1) is 11.6 Å². The number of nitrogens with zero attached hydrogens (tertiary/aromatic N) is 6. The minimum Gasteiger partial charge on any atom is -0.453 e. The summed E-state index contributed by atoms with van der Waals surface area (Å²) < 4.78 is 50.0. The van der Waals surface area contributed by atoms with Crippen molar-refractivity contribution in [2.75, 3.05) is 10.4 Å². The van der Waals surface area contributed by atoms with E-state index in [9.17, 15) is 18.0 Å². The normalized spacial score (nSPS) is 14.4. The number of aromatic nitrogens is 5. The lowest BCUT2D eigenvalue weighted by molar-refractivity contribution is -0.00742. The lowest BCUT2D eigenvalue weighted by Gasteiger charge is -2.30. The standard InChI is InChI=1S/C25H23F3N8O3/c1-15(39-34-25(37)16-4-3-9-29-12-16)36(24-21(27)10-17(26)13-30-24)32-18-5-2-6-20(11-18)38-22(28)23-31-14-35(33-23)19-7-8-19/h2-6,9-15,19,22,32H,7-8H2,1H3,(H,34,37). The van der Waals surface area contributed by atoms with Gasteiger partial charge in [-0.15, -0.1) is 5.10 Å². The third-order valence-corrected chi connectivity index (χ3v) is 5.60. The molecule has 14 heteroatoms. The number of hydrogen-bond donors (Lipinski definition) is 2. The van der Waals surface area contributed by atoms with Gasteiger partial charge in [0, 0.05) is 24.5 Å². The Kier molecular flexibility index (Phi) is 7.54. The molecule has 2 unspecified atom stereocenters. The zero-order chi connectivity index (χ0) is 27.4. The van der Waals surface area contributed by atoms with Crippen LogP contribution < -0.4 is 20.7 Å². The molecule has 39 heavy (non-hydrogen) atoms. The van der Waals surface area contributed by atoms with Crippen LogP contribution in [0.15, 0.2) is 67.4 Å². The van der Waals surface area contributed by atoms with E-state index in [4.69, 9.17) is 9.57 Å². The van der Waals surface area contributed by atoms with E-state index in [-0.39, 0.29) is 29.0 Å². The van der Waals surface area contributed by atoms with Crippen molar-refractivity contribution < 1.29 is 27.5 Å². The third-order valence-electron chi connectivity index (χ3n) is 5.60. The number of hydroxylamine groups is 1. The first-order valence-electron chi connectivity index (χ1n) is 11.9. The van der Waals surface area contributed by atoms with Gasteiger partial charge in [0.15, 0.2) is 17.9 Å². The number of rotatable bonds is 11. The molecule has 2 atom stereocenters. The Bertz CT molecular complexity index is 1440. The van der Waals surface area contributed by atoms with Crippen LogP contribution in [0.1, 0.15) is 48.3 Å². The fourth-order valence-electron chi connectivity index (χ4n) is 3.51. The topological polar surface area (TPSA) is 119 Å². The first kappa shape index (κ1) is 25.9. The zero-order valence-electron chi connectivity index (χ0n) is 20.5. The summed E-state index contributed by atoms with van der Waals surface area (Å²) in [5.74, 6) is -2.78. The van der Waals surface area contributed by atoms with E-state index < -0.39 is 30.1 Å². The number of anilines is 2. The number of nitrogens with one attached hydrogen (secondary N) is 2. The van der Waals surface area contributed by atoms with Crippen LogP contribution in [-0.4, -0.2) is 36.9 Å². The molecule has 3 aromatic heterocycles. The Morgan fingerprint density at radius 1 is 1.15 bits per heavy atom. The van der Waals surface area contributed by atoms with Crippen molar-refractivity contribution in [3.05, 3.63) is 90.4 Å². The minimum absolute atomic E-state index is 0.106. The van der Waals surface area contributed by atoms with Crippen LogP contribution >= 0.6 is 0 Å². The highest BCUT2D eigenvalue weighted by Gasteiger charge is 2.27. The molecule has 1 amide bonds. The molecule has 0 bridgehead atoms. The van der Waals surface area contributed by atoms with E-state index in [1.165, 1.54) is 43.8 Å². The summed E-state index contributed by atoms with van der Waals surface area (Å²) in [6.07, 6.45) is 4.11. The van der Waals surface area contributed by atoms with Crippen LogP contribution in [0.4, 0.5) is 24.7 Å². The van der Waals surface area contributed by atoms with Gasteiger partial charge in [-0.2, -0.15) is 4.39 Å². The molecule has 0 radical (unpaired) electrons. The molecule has 1 saturated carbocycles. The Balaban J connectivity index is 1.31. The zero-order valence-corrected chi connectivity index (χ0v) is 20.5. The first-order valence-corrected chi connectivity index (χ1v) is 11.9. The van der Waals surface area contributed by atoms with Gasteiger partial charge in [0.05, 0.1) is 23.5 Å². The van der Waals surface area contributed by atoms with Crippen LogP contribution in [-0.2, 0) is 4.84 Å². The molecular weight excluding hydrogens is 517 g/mol. The Morgan fingerprint density at radius 2 is 2.00 bits per heavy atom. The summed E-state index contributed by atoms with van der Waals surface area (Å²) >= 11 is 0. The second-order valence-electron chi connectivity index (χ2n) is 8.61. The maximum atomic E-state index is 14.8. The SMILES string of the molecule is CC(ONC(=O)c1cccnc1)N(Nc1cccc(OC(F)c2ncn(C3CC3)n2)c1)c1ncc(F)cc1F. The maximum Gasteiger partial charge on any atom is 0.299 e. The summed E-state index contributed by atoms with van der Waals surface area (Å²) in [5.41, 5.74) is 5.69. The monoisotopic (exact) mass is 540 g/mol. The molecule has 1 aliphatic rings. The highest BCUT2D eigenvalue weighted by Crippen LogP contribution is 2.34. The number of ether oxygens (including phenoxy) is 1. The molecule has 1 aromatic carbocycles. The average Bonchev–Trinajstić information content (AvgIpc) is 3.67. The lowest BCUT2D eigenvalue weighted by atomic mass is 10.3. The van der Waals surface area contributed by atoms with E-state index in [1.54, 1.807) is 22.9 Å². The second-order valence-corrected chi connectivity index (χ2v) is 8.61. The molecule has 11 nitrogen and oxygen atoms in total. The highest BCUT2D eigenvalue weighted by atomic mass is 19.1. The van der Waals surface area contributed by atoms with Crippen LogP contribution in [0.5, 0.6) is 5.75 Å². The van der Waals surface area contributed by atoms with E-state index in [2.05, 4.69) is 31.0 Å². The van der Waals surface area contributed by atoms with Gasteiger partial charge in [-0.25, -0.2) is 38.8 Å². The van der Waals surface area contributed by atoms with Gasteiger partial charge in [0.1, 0.15) is 17.9 Å². The number of pyridine rings is 2. The van der Waals surface area contributed by atoms with Gasteiger partial charge < -0.3 is 4.74 Å². The minimum atomic E-state index is -1.92. The molecule has 0 spiro atoms. The Labute approximate surface area is 220 Å². The van der Waals surface area contributed by atoms with Crippen molar-refractivity contribution in [1.82, 2.24) is 30.2 Å². The molecule has 0 saturated heterocycles. The molecule has 2 N–H and O–H groups in total. The predicted molar refractivity (Wildman–Crippen MR) is 132 cm³/mol. The quantitative estimate of drug-likeness (QED) is 0.212. The lowest BCUT2D eigenvalue weighted by Crippen LogP contribution is -2.44. The smallest absolute Gasteiger partial charge is 0.299 e. The van der Waals surface area contributed by atoms with Gasteiger partial charge in [-0.3, -0.25) is 15.2 Å². The van der Waals surface area contributed by atoms with E-state index >= 15 is 0 Å². The Hall–Kier alpha value is -4.72. The van der Waals surface area contributed by atoms with E-state index in [1.807, 2.05) is 0 Å². The van der Waals surface area contributed by atoms with Crippen LogP contribution in [0.3, 0.4) is 0 Å². The predicted octanol–water partition coefficient (Wildman–Crippen LogP) is 4.27. The van der Waals surface area contributed by atoms with Crippen LogP contribution in [0.2, 0.25) is 0 Å². The van der Waals surface area contributed by atoms with Crippen molar-refractivity contribution in [2.24, 2.45) is 0 Å². The summed E-state index contributed by atoms with van der Waals surface area (Å²) in [7, 11) is 0. The van der Waals surface area contributed by atoms with E-state index in [0.717, 1.165) is 24.0 Å². The number of benzene rings is 1. The van der Waals surface area contributed by atoms with Gasteiger partial charge >= 0.3 is 0 Å². The largest absolute Gasteiger partial charge is 0.453 e. The average molecular weight is 541 g/mol. The molecule has 4 aromatic rings. The number of hydrogen-bond acceptors (Lipinski definition) is 9. The molecule has 3 heterocycles. The number of amides is 1. The summed E-state index contributed by atoms with van der Waals surface area (Å²) in [6, 6.07) is 10.1. The van der Waals surface area contributed by atoms with Gasteiger partial charge in [-0.05, 0) is 44.0 Å². The molecule has 1 fully saturated rings.